The van der Waals surface area contributed by atoms with E-state index < -0.39 is 0 Å². The first-order valence-electron chi connectivity index (χ1n) is 7.81. The molecule has 1 N–H and O–H groups in total. The number of hydrogen-bond donors (Lipinski definition) is 1. The summed E-state index contributed by atoms with van der Waals surface area (Å²) in [6.07, 6.45) is 1.33. The molecule has 0 aliphatic carbocycles. The van der Waals surface area contributed by atoms with Crippen LogP contribution in [-0.2, 0) is 6.54 Å². The second-order valence-corrected chi connectivity index (χ2v) is 6.17. The Kier molecular flexibility index (Phi) is 3.77. The minimum atomic E-state index is -0.178. The lowest BCUT2D eigenvalue weighted by molar-refractivity contribution is 0.718. The maximum Gasteiger partial charge on any atom is 0.269 e. The molecule has 2 aromatic carbocycles. The largest absolute Gasteiger partial charge is 0.298 e. The van der Waals surface area contributed by atoms with E-state index in [1.54, 1.807) is 4.57 Å². The summed E-state index contributed by atoms with van der Waals surface area (Å²) >= 11 is 5.38. The van der Waals surface area contributed by atoms with E-state index in [2.05, 4.69) is 15.2 Å². The lowest BCUT2D eigenvalue weighted by Gasteiger charge is -2.11. The van der Waals surface area contributed by atoms with Crippen molar-refractivity contribution in [2.75, 3.05) is 0 Å². The minimum absolute atomic E-state index is 0.178. The first-order valence-corrected chi connectivity index (χ1v) is 8.22. The monoisotopic (exact) mass is 349 g/mol. The summed E-state index contributed by atoms with van der Waals surface area (Å²) in [5.41, 5.74) is 3.42. The number of benzene rings is 2. The van der Waals surface area contributed by atoms with Gasteiger partial charge in [-0.25, -0.2) is 4.98 Å². The van der Waals surface area contributed by atoms with Gasteiger partial charge in [-0.15, -0.1) is 0 Å². The zero-order valence-electron chi connectivity index (χ0n) is 13.5. The topological polar surface area (TPSA) is 68.5 Å². The molecule has 0 radical (unpaired) electrons. The van der Waals surface area contributed by atoms with Gasteiger partial charge in [-0.1, -0.05) is 29.8 Å². The number of rotatable bonds is 3. The van der Waals surface area contributed by atoms with Gasteiger partial charge in [0.2, 0.25) is 0 Å². The highest BCUT2D eigenvalue weighted by atomic mass is 32.1. The van der Waals surface area contributed by atoms with Gasteiger partial charge >= 0.3 is 0 Å². The molecule has 0 unspecified atom stereocenters. The number of hydrogen-bond acceptors (Lipinski definition) is 4. The second-order valence-electron chi connectivity index (χ2n) is 5.79. The maximum absolute atomic E-state index is 12.4. The zero-order chi connectivity index (χ0) is 17.4. The van der Waals surface area contributed by atoms with E-state index in [4.69, 9.17) is 12.2 Å². The molecule has 25 heavy (non-hydrogen) atoms. The zero-order valence-corrected chi connectivity index (χ0v) is 14.3. The standard InChI is InChI=1S/C18H15N5OS/c1-12-6-8-13(9-7-12)23-16(20-21-18(23)25)11-22-15-5-3-2-4-14(15)19-10-17(22)24/h2-10H,11H2,1H3,(H,21,25). The molecule has 0 atom stereocenters. The number of fused-ring (bicyclic) bond motifs is 1. The Hall–Kier alpha value is -3.06. The number of nitrogens with zero attached hydrogens (tertiary/aromatic N) is 4. The summed E-state index contributed by atoms with van der Waals surface area (Å²) in [6.45, 7) is 2.32. The lowest BCUT2D eigenvalue weighted by Crippen LogP contribution is -2.22. The van der Waals surface area contributed by atoms with Crippen LogP contribution in [0.4, 0.5) is 0 Å². The third kappa shape index (κ3) is 2.78. The highest BCUT2D eigenvalue weighted by Crippen LogP contribution is 2.15. The Morgan fingerprint density at radius 2 is 1.88 bits per heavy atom. The summed E-state index contributed by atoms with van der Waals surface area (Å²) in [5.74, 6) is 0.660. The Morgan fingerprint density at radius 1 is 1.12 bits per heavy atom. The Bertz CT molecular complexity index is 1170. The average molecular weight is 349 g/mol. The van der Waals surface area contributed by atoms with Crippen LogP contribution in [0, 0.1) is 11.7 Å². The van der Waals surface area contributed by atoms with Crippen molar-refractivity contribution in [3.8, 4) is 5.69 Å². The Morgan fingerprint density at radius 3 is 2.68 bits per heavy atom. The molecule has 0 fully saturated rings. The third-order valence-corrected chi connectivity index (χ3v) is 4.36. The van der Waals surface area contributed by atoms with Crippen molar-refractivity contribution in [3.63, 3.8) is 0 Å². The van der Waals surface area contributed by atoms with Crippen LogP contribution in [0.3, 0.4) is 0 Å². The number of para-hydroxylation sites is 2. The summed E-state index contributed by atoms with van der Waals surface area (Å²) in [7, 11) is 0. The highest BCUT2D eigenvalue weighted by Gasteiger charge is 2.12. The van der Waals surface area contributed by atoms with Crippen molar-refractivity contribution in [2.45, 2.75) is 13.5 Å². The van der Waals surface area contributed by atoms with E-state index in [0.717, 1.165) is 22.3 Å². The van der Waals surface area contributed by atoms with Crippen molar-refractivity contribution >= 4 is 23.3 Å². The first-order chi connectivity index (χ1) is 12.1. The number of aromatic nitrogens is 5. The normalized spacial score (nSPS) is 11.1. The molecule has 0 saturated carbocycles. The molecule has 0 bridgehead atoms. The summed E-state index contributed by atoms with van der Waals surface area (Å²) in [5, 5.41) is 7.15. The smallest absolute Gasteiger partial charge is 0.269 e. The van der Waals surface area contributed by atoms with Gasteiger partial charge in [-0.05, 0) is 43.4 Å². The SMILES string of the molecule is Cc1ccc(-n2c(Cn3c(=O)cnc4ccccc43)n[nH]c2=S)cc1. The van der Waals surface area contributed by atoms with E-state index in [1.165, 1.54) is 6.20 Å². The number of nitrogens with one attached hydrogen (secondary N) is 1. The second kappa shape index (κ2) is 6.10. The van der Waals surface area contributed by atoms with Gasteiger partial charge in [0.25, 0.3) is 5.56 Å². The fraction of sp³-hybridized carbons (Fsp3) is 0.111. The molecular weight excluding hydrogens is 334 g/mol. The maximum atomic E-state index is 12.4. The molecule has 0 spiro atoms. The van der Waals surface area contributed by atoms with Gasteiger partial charge in [0, 0.05) is 5.69 Å². The highest BCUT2D eigenvalue weighted by molar-refractivity contribution is 7.71. The molecule has 7 heteroatoms. The molecule has 6 nitrogen and oxygen atoms in total. The van der Waals surface area contributed by atoms with Crippen LogP contribution in [0.2, 0.25) is 0 Å². The number of aryl methyl sites for hydroxylation is 1. The summed E-state index contributed by atoms with van der Waals surface area (Å²) < 4.78 is 3.99. The molecule has 2 heterocycles. The molecule has 4 rings (SSSR count). The molecule has 4 aromatic rings. The third-order valence-electron chi connectivity index (χ3n) is 4.09. The van der Waals surface area contributed by atoms with Crippen LogP contribution in [0.5, 0.6) is 0 Å². The molecular formula is C18H15N5OS. The predicted molar refractivity (Wildman–Crippen MR) is 98.6 cm³/mol. The van der Waals surface area contributed by atoms with Crippen LogP contribution in [0.15, 0.2) is 59.5 Å². The van der Waals surface area contributed by atoms with E-state index in [9.17, 15) is 4.79 Å². The van der Waals surface area contributed by atoms with Gasteiger partial charge in [-0.3, -0.25) is 19.0 Å². The van der Waals surface area contributed by atoms with Gasteiger partial charge in [0.15, 0.2) is 10.6 Å². The molecule has 124 valence electrons. The van der Waals surface area contributed by atoms with Crippen LogP contribution in [0.1, 0.15) is 11.4 Å². The average Bonchev–Trinajstić information content (AvgIpc) is 2.99. The Balaban J connectivity index is 1.86. The molecule has 0 aliphatic heterocycles. The quantitative estimate of drug-likeness (QED) is 0.577. The van der Waals surface area contributed by atoms with Crippen molar-refractivity contribution in [2.24, 2.45) is 0 Å². The fourth-order valence-corrected chi connectivity index (χ4v) is 3.07. The van der Waals surface area contributed by atoms with Crippen molar-refractivity contribution in [1.82, 2.24) is 24.3 Å². The number of H-pyrrole nitrogens is 1. The summed E-state index contributed by atoms with van der Waals surface area (Å²) in [4.78, 5) is 16.6. The van der Waals surface area contributed by atoms with E-state index in [0.29, 0.717) is 17.1 Å². The molecule has 2 aromatic heterocycles. The van der Waals surface area contributed by atoms with Crippen LogP contribution >= 0.6 is 12.2 Å². The van der Waals surface area contributed by atoms with E-state index in [-0.39, 0.29) is 5.56 Å². The van der Waals surface area contributed by atoms with E-state index in [1.807, 2.05) is 60.0 Å². The van der Waals surface area contributed by atoms with Crippen LogP contribution in [0.25, 0.3) is 16.7 Å². The van der Waals surface area contributed by atoms with Crippen molar-refractivity contribution in [3.05, 3.63) is 81.2 Å². The van der Waals surface area contributed by atoms with Gasteiger partial charge < -0.3 is 0 Å². The number of aromatic amines is 1. The van der Waals surface area contributed by atoms with Gasteiger partial charge in [0.05, 0.1) is 23.8 Å². The van der Waals surface area contributed by atoms with Crippen molar-refractivity contribution < 1.29 is 0 Å². The van der Waals surface area contributed by atoms with Gasteiger partial charge in [0.1, 0.15) is 0 Å². The van der Waals surface area contributed by atoms with Crippen LogP contribution < -0.4 is 5.56 Å². The van der Waals surface area contributed by atoms with Crippen molar-refractivity contribution in [1.29, 1.82) is 0 Å². The van der Waals surface area contributed by atoms with E-state index >= 15 is 0 Å². The minimum Gasteiger partial charge on any atom is -0.298 e. The summed E-state index contributed by atoms with van der Waals surface area (Å²) in [6, 6.07) is 15.5. The fourth-order valence-electron chi connectivity index (χ4n) is 2.82. The van der Waals surface area contributed by atoms with Gasteiger partial charge in [-0.2, -0.15) is 5.10 Å². The Labute approximate surface area is 148 Å². The van der Waals surface area contributed by atoms with Crippen LogP contribution in [-0.4, -0.2) is 24.3 Å². The first kappa shape index (κ1) is 15.5. The molecule has 0 aliphatic rings. The predicted octanol–water partition coefficient (Wildman–Crippen LogP) is 3.00. The molecule has 0 saturated heterocycles. The molecule has 0 amide bonds. The lowest BCUT2D eigenvalue weighted by atomic mass is 10.2.